The maximum absolute atomic E-state index is 12.3. The normalized spacial score (nSPS) is 12.4. The molecule has 0 saturated carbocycles. The Bertz CT molecular complexity index is 1050. The number of carboxylic acid groups (broad SMARTS) is 1. The second kappa shape index (κ2) is 15.0. The Morgan fingerprint density at radius 2 is 1.57 bits per heavy atom. The van der Waals surface area contributed by atoms with Crippen molar-refractivity contribution in [2.24, 2.45) is 0 Å². The standard InChI is InChI=1S/C30H40N2O5/c1-2-3-4-5-6-7-8-9-12-18-31-28(33)20-27(29(34)35)32-30(36)37-21-23-15-13-17-25-24-16-11-10-14-22(24)19-26(23)25/h10-11,13-17,27H,2-9,12,18-21H2,1H3,(H,31,33)(H,32,36)(H,34,35)/t27-/m0/s1. The number of benzene rings is 2. The minimum absolute atomic E-state index is 0.0279. The van der Waals surface area contributed by atoms with Gasteiger partial charge in [0.25, 0.3) is 0 Å². The largest absolute Gasteiger partial charge is 0.480 e. The van der Waals surface area contributed by atoms with Crippen molar-refractivity contribution >= 4 is 18.0 Å². The van der Waals surface area contributed by atoms with E-state index in [0.29, 0.717) is 6.54 Å². The zero-order valence-electron chi connectivity index (χ0n) is 21.9. The molecule has 0 unspecified atom stereocenters. The number of carboxylic acids is 1. The Balaban J connectivity index is 1.36. The van der Waals surface area contributed by atoms with Crippen LogP contribution in [0.1, 0.15) is 87.8 Å². The number of rotatable bonds is 16. The molecule has 0 fully saturated rings. The van der Waals surface area contributed by atoms with Crippen LogP contribution in [0.2, 0.25) is 0 Å². The van der Waals surface area contributed by atoms with Gasteiger partial charge in [-0.2, -0.15) is 0 Å². The van der Waals surface area contributed by atoms with Crippen molar-refractivity contribution in [1.82, 2.24) is 10.6 Å². The summed E-state index contributed by atoms with van der Waals surface area (Å²) in [5.41, 5.74) is 5.54. The van der Waals surface area contributed by atoms with Gasteiger partial charge in [0.1, 0.15) is 12.6 Å². The van der Waals surface area contributed by atoms with Crippen molar-refractivity contribution in [2.45, 2.75) is 90.2 Å². The zero-order valence-corrected chi connectivity index (χ0v) is 21.9. The van der Waals surface area contributed by atoms with Crippen LogP contribution in [-0.2, 0) is 27.4 Å². The number of fused-ring (bicyclic) bond motifs is 3. The molecule has 3 N–H and O–H groups in total. The fraction of sp³-hybridized carbons (Fsp3) is 0.500. The molecule has 37 heavy (non-hydrogen) atoms. The predicted octanol–water partition coefficient (Wildman–Crippen LogP) is 5.97. The summed E-state index contributed by atoms with van der Waals surface area (Å²) in [5.74, 6) is -1.67. The number of aliphatic carboxylic acids is 1. The molecular formula is C30H40N2O5. The molecule has 0 heterocycles. The van der Waals surface area contributed by atoms with Crippen molar-refractivity contribution in [3.8, 4) is 11.1 Å². The molecule has 3 rings (SSSR count). The maximum atomic E-state index is 12.3. The first kappa shape index (κ1) is 28.2. The lowest BCUT2D eigenvalue weighted by Crippen LogP contribution is -2.44. The lowest BCUT2D eigenvalue weighted by Gasteiger charge is -2.15. The Morgan fingerprint density at radius 1 is 0.892 bits per heavy atom. The third-order valence-corrected chi connectivity index (χ3v) is 6.89. The third-order valence-electron chi connectivity index (χ3n) is 6.89. The predicted molar refractivity (Wildman–Crippen MR) is 144 cm³/mol. The summed E-state index contributed by atoms with van der Waals surface area (Å²) in [5, 5.41) is 14.6. The van der Waals surface area contributed by atoms with Crippen LogP contribution in [0.3, 0.4) is 0 Å². The molecule has 7 heteroatoms. The van der Waals surface area contributed by atoms with Crippen molar-refractivity contribution in [3.63, 3.8) is 0 Å². The molecule has 2 amide bonds. The van der Waals surface area contributed by atoms with E-state index >= 15 is 0 Å². The third kappa shape index (κ3) is 8.92. The highest BCUT2D eigenvalue weighted by Crippen LogP contribution is 2.38. The average Bonchev–Trinajstić information content (AvgIpc) is 3.27. The molecule has 0 aromatic heterocycles. The summed E-state index contributed by atoms with van der Waals surface area (Å²) >= 11 is 0. The molecule has 2 aromatic rings. The monoisotopic (exact) mass is 508 g/mol. The van der Waals surface area contributed by atoms with Crippen molar-refractivity contribution in [3.05, 3.63) is 59.2 Å². The summed E-state index contributed by atoms with van der Waals surface area (Å²) in [6, 6.07) is 12.7. The van der Waals surface area contributed by atoms with E-state index in [1.54, 1.807) is 0 Å². The number of amides is 2. The second-order valence-electron chi connectivity index (χ2n) is 9.77. The fourth-order valence-electron chi connectivity index (χ4n) is 4.81. The number of carbonyl (C=O) groups is 3. The smallest absolute Gasteiger partial charge is 0.408 e. The molecule has 1 aliphatic carbocycles. The highest BCUT2D eigenvalue weighted by Gasteiger charge is 2.25. The summed E-state index contributed by atoms with van der Waals surface area (Å²) in [7, 11) is 0. The highest BCUT2D eigenvalue weighted by atomic mass is 16.5. The summed E-state index contributed by atoms with van der Waals surface area (Å²) in [4.78, 5) is 36.2. The van der Waals surface area contributed by atoms with E-state index in [-0.39, 0.29) is 13.0 Å². The molecule has 200 valence electrons. The van der Waals surface area contributed by atoms with E-state index in [9.17, 15) is 19.5 Å². The first-order chi connectivity index (χ1) is 18.0. The van der Waals surface area contributed by atoms with Gasteiger partial charge in [-0.05, 0) is 40.7 Å². The van der Waals surface area contributed by atoms with Crippen molar-refractivity contribution in [2.75, 3.05) is 6.54 Å². The van der Waals surface area contributed by atoms with E-state index in [1.807, 2.05) is 24.3 Å². The molecular weight excluding hydrogens is 468 g/mol. The Kier molecular flexibility index (Phi) is 11.5. The van der Waals surface area contributed by atoms with Crippen molar-refractivity contribution < 1.29 is 24.2 Å². The number of alkyl carbamates (subject to hydrolysis) is 1. The molecule has 0 bridgehead atoms. The summed E-state index contributed by atoms with van der Waals surface area (Å²) < 4.78 is 5.34. The van der Waals surface area contributed by atoms with Crippen LogP contribution in [0.25, 0.3) is 11.1 Å². The van der Waals surface area contributed by atoms with E-state index < -0.39 is 24.0 Å². The Hall–Kier alpha value is -3.35. The summed E-state index contributed by atoms with van der Waals surface area (Å²) in [6.45, 7) is 2.75. The van der Waals surface area contributed by atoms with Gasteiger partial charge in [-0.25, -0.2) is 9.59 Å². The lowest BCUT2D eigenvalue weighted by molar-refractivity contribution is -0.141. The van der Waals surface area contributed by atoms with Crippen LogP contribution >= 0.6 is 0 Å². The molecule has 0 aliphatic heterocycles. The van der Waals surface area contributed by atoms with E-state index in [2.05, 4.69) is 35.8 Å². The molecule has 2 aromatic carbocycles. The van der Waals surface area contributed by atoms with Crippen LogP contribution < -0.4 is 10.6 Å². The van der Waals surface area contributed by atoms with Gasteiger partial charge in [0.2, 0.25) is 5.91 Å². The van der Waals surface area contributed by atoms with Gasteiger partial charge < -0.3 is 20.5 Å². The van der Waals surface area contributed by atoms with Gasteiger partial charge in [-0.15, -0.1) is 0 Å². The van der Waals surface area contributed by atoms with Gasteiger partial charge in [-0.3, -0.25) is 4.79 Å². The molecule has 0 radical (unpaired) electrons. The van der Waals surface area contributed by atoms with Gasteiger partial charge >= 0.3 is 12.1 Å². The minimum atomic E-state index is -1.35. The van der Waals surface area contributed by atoms with E-state index in [1.165, 1.54) is 49.7 Å². The highest BCUT2D eigenvalue weighted by molar-refractivity contribution is 5.87. The SMILES string of the molecule is CCCCCCCCCCCNC(=O)C[C@H](NC(=O)OCc1cccc2c1Cc1ccccc1-2)C(=O)O. The zero-order chi connectivity index (χ0) is 26.5. The van der Waals surface area contributed by atoms with Gasteiger partial charge in [0.05, 0.1) is 6.42 Å². The fourth-order valence-corrected chi connectivity index (χ4v) is 4.81. The Morgan fingerprint density at radius 3 is 2.30 bits per heavy atom. The van der Waals surface area contributed by atoms with Crippen LogP contribution in [0.15, 0.2) is 42.5 Å². The first-order valence-corrected chi connectivity index (χ1v) is 13.6. The Labute approximate surface area is 220 Å². The van der Waals surface area contributed by atoms with Crippen molar-refractivity contribution in [1.29, 1.82) is 0 Å². The molecule has 1 aliphatic rings. The minimum Gasteiger partial charge on any atom is -0.480 e. The van der Waals surface area contributed by atoms with Crippen LogP contribution in [0.5, 0.6) is 0 Å². The number of nitrogens with one attached hydrogen (secondary N) is 2. The van der Waals surface area contributed by atoms with Crippen LogP contribution in [-0.4, -0.2) is 35.7 Å². The molecule has 7 nitrogen and oxygen atoms in total. The van der Waals surface area contributed by atoms with E-state index in [0.717, 1.165) is 42.4 Å². The molecule has 0 spiro atoms. The number of hydrogen-bond donors (Lipinski definition) is 3. The maximum Gasteiger partial charge on any atom is 0.408 e. The summed E-state index contributed by atoms with van der Waals surface area (Å²) in [6.07, 6.45) is 10.2. The van der Waals surface area contributed by atoms with Crippen LogP contribution in [0.4, 0.5) is 4.79 Å². The van der Waals surface area contributed by atoms with Crippen LogP contribution in [0, 0.1) is 0 Å². The molecule has 0 saturated heterocycles. The number of ether oxygens (including phenoxy) is 1. The molecule has 1 atom stereocenters. The average molecular weight is 509 g/mol. The van der Waals surface area contributed by atoms with Gasteiger partial charge in [0.15, 0.2) is 0 Å². The van der Waals surface area contributed by atoms with E-state index in [4.69, 9.17) is 4.74 Å². The quantitative estimate of drug-likeness (QED) is 0.207. The topological polar surface area (TPSA) is 105 Å². The van der Waals surface area contributed by atoms with Gasteiger partial charge in [0, 0.05) is 6.54 Å². The number of unbranched alkanes of at least 4 members (excludes halogenated alkanes) is 8. The van der Waals surface area contributed by atoms with Gasteiger partial charge in [-0.1, -0.05) is 101 Å². The lowest BCUT2D eigenvalue weighted by atomic mass is 10.0. The number of hydrogen-bond acceptors (Lipinski definition) is 4. The first-order valence-electron chi connectivity index (χ1n) is 13.6. The second-order valence-corrected chi connectivity index (χ2v) is 9.77. The number of carbonyl (C=O) groups excluding carboxylic acids is 2.